The van der Waals surface area contributed by atoms with Crippen LogP contribution in [0.5, 0.6) is 11.5 Å². The van der Waals surface area contributed by atoms with E-state index in [2.05, 4.69) is 10.2 Å². The first-order valence-corrected chi connectivity index (χ1v) is 10.6. The van der Waals surface area contributed by atoms with Gasteiger partial charge in [0.2, 0.25) is 11.8 Å². The Kier molecular flexibility index (Phi) is 7.36. The lowest BCUT2D eigenvalue weighted by molar-refractivity contribution is -0.134. The van der Waals surface area contributed by atoms with Crippen LogP contribution in [0.2, 0.25) is 0 Å². The Bertz CT molecular complexity index is 688. The van der Waals surface area contributed by atoms with E-state index >= 15 is 0 Å². The topological polar surface area (TPSA) is 71.1 Å². The molecule has 0 spiro atoms. The van der Waals surface area contributed by atoms with Gasteiger partial charge in [-0.1, -0.05) is 19.8 Å². The highest BCUT2D eigenvalue weighted by Crippen LogP contribution is 2.32. The van der Waals surface area contributed by atoms with Crippen LogP contribution in [0.4, 0.5) is 5.69 Å². The maximum atomic E-state index is 13.4. The number of nitrogens with one attached hydrogen (secondary N) is 1. The molecule has 1 aliphatic heterocycles. The van der Waals surface area contributed by atoms with E-state index in [0.717, 1.165) is 25.9 Å². The minimum absolute atomic E-state index is 0.0162. The van der Waals surface area contributed by atoms with Crippen molar-refractivity contribution in [2.24, 2.45) is 5.92 Å². The van der Waals surface area contributed by atoms with Crippen LogP contribution in [-0.2, 0) is 9.59 Å². The highest BCUT2D eigenvalue weighted by atomic mass is 16.5. The van der Waals surface area contributed by atoms with Crippen LogP contribution in [0.3, 0.4) is 0 Å². The molecular weight excluding hydrogens is 370 g/mol. The van der Waals surface area contributed by atoms with Gasteiger partial charge in [0.05, 0.1) is 20.3 Å². The van der Waals surface area contributed by atoms with Gasteiger partial charge in [0.15, 0.2) is 0 Å². The molecule has 29 heavy (non-hydrogen) atoms. The zero-order valence-electron chi connectivity index (χ0n) is 17.8. The second-order valence-electron chi connectivity index (χ2n) is 7.85. The smallest absolute Gasteiger partial charge is 0.242 e. The Morgan fingerprint density at radius 2 is 1.62 bits per heavy atom. The molecule has 1 atom stereocenters. The Labute approximate surface area is 173 Å². The molecule has 1 heterocycles. The van der Waals surface area contributed by atoms with Crippen LogP contribution in [-0.4, -0.2) is 68.1 Å². The minimum Gasteiger partial charge on any atom is -0.497 e. The van der Waals surface area contributed by atoms with Gasteiger partial charge < -0.3 is 19.7 Å². The third-order valence-electron chi connectivity index (χ3n) is 6.10. The average molecular weight is 404 g/mol. The molecule has 1 aliphatic carbocycles. The number of rotatable bonds is 7. The Balaban J connectivity index is 1.74. The summed E-state index contributed by atoms with van der Waals surface area (Å²) in [6.45, 7) is 4.75. The van der Waals surface area contributed by atoms with Crippen LogP contribution in [0, 0.1) is 5.92 Å². The first kappa shape index (κ1) is 21.4. The van der Waals surface area contributed by atoms with Crippen molar-refractivity contribution in [3.8, 4) is 11.5 Å². The summed E-state index contributed by atoms with van der Waals surface area (Å²) in [5, 5.41) is 3.09. The highest BCUT2D eigenvalue weighted by molar-refractivity contribution is 5.95. The molecule has 0 bridgehead atoms. The van der Waals surface area contributed by atoms with E-state index in [1.165, 1.54) is 12.8 Å². The first-order valence-electron chi connectivity index (χ1n) is 10.6. The Hall–Kier alpha value is -2.28. The van der Waals surface area contributed by atoms with Crippen molar-refractivity contribution in [2.75, 3.05) is 45.7 Å². The summed E-state index contributed by atoms with van der Waals surface area (Å²) < 4.78 is 10.6. The number of nitrogens with zero attached hydrogens (tertiary/aromatic N) is 2. The first-order chi connectivity index (χ1) is 14.0. The van der Waals surface area contributed by atoms with E-state index in [1.807, 2.05) is 24.0 Å². The number of carbonyl (C=O) groups excluding carboxylic acids is 2. The van der Waals surface area contributed by atoms with Gasteiger partial charge in [-0.3, -0.25) is 14.5 Å². The number of benzene rings is 1. The summed E-state index contributed by atoms with van der Waals surface area (Å²) in [6.07, 6.45) is 5.04. The second-order valence-corrected chi connectivity index (χ2v) is 7.85. The maximum absolute atomic E-state index is 13.4. The van der Waals surface area contributed by atoms with E-state index < -0.39 is 0 Å². The van der Waals surface area contributed by atoms with Crippen molar-refractivity contribution in [3.05, 3.63) is 18.2 Å². The number of carbonyl (C=O) groups is 2. The van der Waals surface area contributed by atoms with Crippen molar-refractivity contribution >= 4 is 17.5 Å². The molecule has 1 unspecified atom stereocenters. The molecule has 1 saturated carbocycles. The van der Waals surface area contributed by atoms with Crippen molar-refractivity contribution in [1.29, 1.82) is 0 Å². The zero-order chi connectivity index (χ0) is 20.8. The van der Waals surface area contributed by atoms with E-state index in [1.54, 1.807) is 20.3 Å². The lowest BCUT2D eigenvalue weighted by atomic mass is 9.94. The molecule has 0 radical (unpaired) electrons. The second kappa shape index (κ2) is 9.96. The number of methoxy groups -OCH3 is 2. The van der Waals surface area contributed by atoms with Gasteiger partial charge in [-0.25, -0.2) is 0 Å². The van der Waals surface area contributed by atoms with Crippen LogP contribution in [0.15, 0.2) is 18.2 Å². The number of ether oxygens (including phenoxy) is 2. The predicted molar refractivity (Wildman–Crippen MR) is 112 cm³/mol. The summed E-state index contributed by atoms with van der Waals surface area (Å²) in [5.41, 5.74) is 0.675. The van der Waals surface area contributed by atoms with Gasteiger partial charge in [-0.15, -0.1) is 0 Å². The van der Waals surface area contributed by atoms with Crippen molar-refractivity contribution in [1.82, 2.24) is 9.80 Å². The van der Waals surface area contributed by atoms with Crippen LogP contribution in [0.25, 0.3) is 0 Å². The van der Waals surface area contributed by atoms with E-state index in [9.17, 15) is 9.59 Å². The summed E-state index contributed by atoms with van der Waals surface area (Å²) in [4.78, 5) is 29.5. The number of amides is 2. The monoisotopic (exact) mass is 403 g/mol. The number of hydrogen-bond acceptors (Lipinski definition) is 5. The zero-order valence-corrected chi connectivity index (χ0v) is 17.8. The number of anilines is 1. The minimum atomic E-state index is -0.173. The summed E-state index contributed by atoms with van der Waals surface area (Å²) >= 11 is 0. The third kappa shape index (κ3) is 5.21. The largest absolute Gasteiger partial charge is 0.497 e. The molecule has 2 amide bonds. The van der Waals surface area contributed by atoms with Crippen LogP contribution < -0.4 is 14.8 Å². The van der Waals surface area contributed by atoms with E-state index in [4.69, 9.17) is 9.47 Å². The summed E-state index contributed by atoms with van der Waals surface area (Å²) in [5.74, 6) is 1.85. The molecule has 3 rings (SSSR count). The lowest BCUT2D eigenvalue weighted by Gasteiger charge is -2.40. The van der Waals surface area contributed by atoms with Gasteiger partial charge in [0.25, 0.3) is 0 Å². The molecule has 2 fully saturated rings. The van der Waals surface area contributed by atoms with Gasteiger partial charge in [0.1, 0.15) is 11.5 Å². The lowest BCUT2D eigenvalue weighted by Crippen LogP contribution is -2.56. The highest BCUT2D eigenvalue weighted by Gasteiger charge is 2.37. The van der Waals surface area contributed by atoms with Gasteiger partial charge in [-0.05, 0) is 18.8 Å². The molecule has 160 valence electrons. The van der Waals surface area contributed by atoms with Crippen molar-refractivity contribution in [2.45, 2.75) is 45.1 Å². The van der Waals surface area contributed by atoms with E-state index in [-0.39, 0.29) is 17.9 Å². The molecule has 7 heteroatoms. The predicted octanol–water partition coefficient (Wildman–Crippen LogP) is 2.76. The molecule has 1 aromatic carbocycles. The third-order valence-corrected chi connectivity index (χ3v) is 6.10. The quantitative estimate of drug-likeness (QED) is 0.758. The average Bonchev–Trinajstić information content (AvgIpc) is 3.27. The molecule has 1 N–H and O–H groups in total. The van der Waals surface area contributed by atoms with Gasteiger partial charge in [0, 0.05) is 56.5 Å². The van der Waals surface area contributed by atoms with E-state index in [0.29, 0.717) is 42.6 Å². The molecule has 1 saturated heterocycles. The Morgan fingerprint density at radius 1 is 1.03 bits per heavy atom. The standard InChI is InChI=1S/C22H33N3O4/c1-4-20(26)24-9-11-25(12-10-24)21(16-7-5-6-8-16)22(27)23-17-13-18(28-2)15-19(14-17)29-3/h13-16,21H,4-12H2,1-3H3,(H,23,27). The molecular formula is C22H33N3O4. The SMILES string of the molecule is CCC(=O)N1CCN(C(C(=O)Nc2cc(OC)cc(OC)c2)C2CCCC2)CC1. The number of hydrogen-bond donors (Lipinski definition) is 1. The van der Waals surface area contributed by atoms with Crippen molar-refractivity contribution < 1.29 is 19.1 Å². The van der Waals surface area contributed by atoms with Crippen molar-refractivity contribution in [3.63, 3.8) is 0 Å². The normalized spacial score (nSPS) is 19.1. The molecule has 1 aromatic rings. The Morgan fingerprint density at radius 3 is 2.14 bits per heavy atom. The fraction of sp³-hybridized carbons (Fsp3) is 0.636. The summed E-state index contributed by atoms with van der Waals surface area (Å²) in [7, 11) is 3.19. The van der Waals surface area contributed by atoms with Gasteiger partial charge in [-0.2, -0.15) is 0 Å². The van der Waals surface area contributed by atoms with Gasteiger partial charge >= 0.3 is 0 Å². The van der Waals surface area contributed by atoms with Crippen LogP contribution >= 0.6 is 0 Å². The molecule has 2 aliphatic rings. The van der Waals surface area contributed by atoms with Crippen LogP contribution in [0.1, 0.15) is 39.0 Å². The fourth-order valence-corrected chi connectivity index (χ4v) is 4.52. The fourth-order valence-electron chi connectivity index (χ4n) is 4.52. The molecule has 0 aromatic heterocycles. The number of piperazine rings is 1. The maximum Gasteiger partial charge on any atom is 0.242 e. The molecule has 7 nitrogen and oxygen atoms in total. The summed E-state index contributed by atoms with van der Waals surface area (Å²) in [6, 6.07) is 5.23.